The summed E-state index contributed by atoms with van der Waals surface area (Å²) in [5, 5.41) is 3.01. The summed E-state index contributed by atoms with van der Waals surface area (Å²) < 4.78 is 24.4. The van der Waals surface area contributed by atoms with Crippen molar-refractivity contribution >= 4 is 10.0 Å². The molecule has 0 unspecified atom stereocenters. The highest BCUT2D eigenvalue weighted by molar-refractivity contribution is 7.89. The van der Waals surface area contributed by atoms with Crippen molar-refractivity contribution in [3.63, 3.8) is 0 Å². The first kappa shape index (κ1) is 13.0. The van der Waals surface area contributed by atoms with Gasteiger partial charge in [0.1, 0.15) is 5.82 Å². The van der Waals surface area contributed by atoms with Gasteiger partial charge < -0.3 is 5.32 Å². The average Bonchev–Trinajstić information content (AvgIpc) is 2.25. The van der Waals surface area contributed by atoms with Gasteiger partial charge in [0.25, 0.3) is 0 Å². The number of nitrogens with zero attached hydrogens (tertiary/aromatic N) is 2. The second-order valence-corrected chi connectivity index (χ2v) is 5.34. The highest BCUT2D eigenvalue weighted by Crippen LogP contribution is 1.93. The molecule has 0 atom stereocenters. The van der Waals surface area contributed by atoms with Gasteiger partial charge >= 0.3 is 0 Å². The van der Waals surface area contributed by atoms with Gasteiger partial charge in [0, 0.05) is 19.3 Å². The van der Waals surface area contributed by atoms with E-state index in [9.17, 15) is 8.42 Å². The van der Waals surface area contributed by atoms with Gasteiger partial charge in [-0.3, -0.25) is 0 Å². The van der Waals surface area contributed by atoms with Crippen molar-refractivity contribution in [1.29, 1.82) is 0 Å². The minimum absolute atomic E-state index is 0.0631. The average molecular weight is 244 g/mol. The molecule has 0 aliphatic rings. The smallest absolute Gasteiger partial charge is 0.212 e. The third kappa shape index (κ3) is 4.65. The zero-order chi connectivity index (χ0) is 12.0. The fourth-order valence-corrected chi connectivity index (χ4v) is 1.75. The van der Waals surface area contributed by atoms with Crippen LogP contribution < -0.4 is 10.0 Å². The fourth-order valence-electron chi connectivity index (χ4n) is 1.13. The molecule has 7 heteroatoms. The predicted molar refractivity (Wildman–Crippen MR) is 61.3 cm³/mol. The predicted octanol–water partition coefficient (Wildman–Crippen LogP) is -0.576. The molecule has 0 saturated heterocycles. The summed E-state index contributed by atoms with van der Waals surface area (Å²) in [6.45, 7) is 2.75. The van der Waals surface area contributed by atoms with Crippen molar-refractivity contribution < 1.29 is 8.42 Å². The minimum Gasteiger partial charge on any atom is -0.310 e. The van der Waals surface area contributed by atoms with Crippen LogP contribution in [0.3, 0.4) is 0 Å². The molecule has 1 aromatic rings. The van der Waals surface area contributed by atoms with E-state index in [0.29, 0.717) is 18.9 Å². The Morgan fingerprint density at radius 1 is 1.44 bits per heavy atom. The largest absolute Gasteiger partial charge is 0.310 e. The summed E-state index contributed by atoms with van der Waals surface area (Å²) in [4.78, 5) is 8.16. The first-order valence-electron chi connectivity index (χ1n) is 4.94. The summed E-state index contributed by atoms with van der Waals surface area (Å²) in [6, 6.07) is 1.80. The van der Waals surface area contributed by atoms with Crippen molar-refractivity contribution in [2.45, 2.75) is 13.5 Å². The van der Waals surface area contributed by atoms with Crippen molar-refractivity contribution in [2.75, 3.05) is 19.3 Å². The summed E-state index contributed by atoms with van der Waals surface area (Å²) in [5.74, 6) is 0.773. The molecule has 90 valence electrons. The van der Waals surface area contributed by atoms with Gasteiger partial charge in [-0.1, -0.05) is 0 Å². The summed E-state index contributed by atoms with van der Waals surface area (Å²) >= 11 is 0. The molecule has 0 radical (unpaired) electrons. The van der Waals surface area contributed by atoms with Crippen LogP contribution in [-0.2, 0) is 16.6 Å². The first-order chi connectivity index (χ1) is 7.53. The van der Waals surface area contributed by atoms with Gasteiger partial charge in [-0.05, 0) is 20.0 Å². The number of aromatic nitrogens is 2. The van der Waals surface area contributed by atoms with E-state index in [-0.39, 0.29) is 5.75 Å². The van der Waals surface area contributed by atoms with Gasteiger partial charge in [-0.15, -0.1) is 0 Å². The van der Waals surface area contributed by atoms with Gasteiger partial charge in [0.15, 0.2) is 0 Å². The Balaban J connectivity index is 2.32. The van der Waals surface area contributed by atoms with Crippen LogP contribution in [0, 0.1) is 6.92 Å². The lowest BCUT2D eigenvalue weighted by molar-refractivity contribution is 0.582. The molecule has 0 aliphatic carbocycles. The number of hydrogen-bond donors (Lipinski definition) is 2. The molecule has 2 N–H and O–H groups in total. The van der Waals surface area contributed by atoms with Gasteiger partial charge in [-0.2, -0.15) is 0 Å². The Kier molecular flexibility index (Phi) is 4.78. The monoisotopic (exact) mass is 244 g/mol. The van der Waals surface area contributed by atoms with E-state index in [2.05, 4.69) is 20.0 Å². The Hall–Kier alpha value is -1.05. The van der Waals surface area contributed by atoms with E-state index in [1.165, 1.54) is 7.05 Å². The molecule has 1 rings (SSSR count). The minimum atomic E-state index is -3.13. The number of rotatable bonds is 6. The van der Waals surface area contributed by atoms with Crippen LogP contribution in [0.25, 0.3) is 0 Å². The third-order valence-electron chi connectivity index (χ3n) is 2.00. The topological polar surface area (TPSA) is 84.0 Å². The maximum absolute atomic E-state index is 11.1. The molecule has 0 spiro atoms. The molecule has 0 aromatic carbocycles. The van der Waals surface area contributed by atoms with Crippen LogP contribution in [0.4, 0.5) is 0 Å². The Morgan fingerprint density at radius 3 is 2.81 bits per heavy atom. The summed E-state index contributed by atoms with van der Waals surface area (Å²) in [5.41, 5.74) is 0.856. The van der Waals surface area contributed by atoms with E-state index >= 15 is 0 Å². The van der Waals surface area contributed by atoms with Crippen LogP contribution >= 0.6 is 0 Å². The summed E-state index contributed by atoms with van der Waals surface area (Å²) in [7, 11) is -1.72. The molecular formula is C9H16N4O2S. The number of hydrogen-bond acceptors (Lipinski definition) is 5. The standard InChI is InChI=1S/C9H16N4O2S/c1-8-12-4-3-9(13-8)7-11-5-6-16(14,15)10-2/h3-4,10-11H,5-7H2,1-2H3. The number of sulfonamides is 1. The van der Waals surface area contributed by atoms with Crippen molar-refractivity contribution in [1.82, 2.24) is 20.0 Å². The molecule has 16 heavy (non-hydrogen) atoms. The molecule has 6 nitrogen and oxygen atoms in total. The first-order valence-corrected chi connectivity index (χ1v) is 6.59. The number of nitrogens with one attached hydrogen (secondary N) is 2. The van der Waals surface area contributed by atoms with E-state index in [0.717, 1.165) is 5.69 Å². The number of aryl methyl sites for hydroxylation is 1. The molecule has 0 fully saturated rings. The lowest BCUT2D eigenvalue weighted by atomic mass is 10.4. The molecule has 1 aromatic heterocycles. The Bertz CT molecular complexity index is 433. The zero-order valence-corrected chi connectivity index (χ0v) is 10.2. The zero-order valence-electron chi connectivity index (χ0n) is 9.40. The van der Waals surface area contributed by atoms with E-state index < -0.39 is 10.0 Å². The normalized spacial score (nSPS) is 11.6. The van der Waals surface area contributed by atoms with Gasteiger partial charge in [-0.25, -0.2) is 23.1 Å². The van der Waals surface area contributed by atoms with Crippen molar-refractivity contribution in [3.8, 4) is 0 Å². The highest BCUT2D eigenvalue weighted by atomic mass is 32.2. The van der Waals surface area contributed by atoms with Crippen LogP contribution in [0.1, 0.15) is 11.5 Å². The molecule has 0 amide bonds. The van der Waals surface area contributed by atoms with Crippen LogP contribution in [0.15, 0.2) is 12.3 Å². The second kappa shape index (κ2) is 5.88. The van der Waals surface area contributed by atoms with Crippen LogP contribution in [-0.4, -0.2) is 37.7 Å². The third-order valence-corrected chi connectivity index (χ3v) is 3.36. The second-order valence-electron chi connectivity index (χ2n) is 3.29. The molecular weight excluding hydrogens is 228 g/mol. The van der Waals surface area contributed by atoms with Gasteiger partial charge in [0.05, 0.1) is 11.4 Å². The van der Waals surface area contributed by atoms with E-state index in [1.807, 2.05) is 6.92 Å². The quantitative estimate of drug-likeness (QED) is 0.654. The Morgan fingerprint density at radius 2 is 2.19 bits per heavy atom. The van der Waals surface area contributed by atoms with Crippen LogP contribution in [0.2, 0.25) is 0 Å². The molecule has 0 aliphatic heterocycles. The molecule has 1 heterocycles. The van der Waals surface area contributed by atoms with E-state index in [4.69, 9.17) is 0 Å². The van der Waals surface area contributed by atoms with Crippen LogP contribution in [0.5, 0.6) is 0 Å². The maximum atomic E-state index is 11.1. The lowest BCUT2D eigenvalue weighted by Crippen LogP contribution is -2.29. The fraction of sp³-hybridized carbons (Fsp3) is 0.556. The molecule has 0 saturated carbocycles. The maximum Gasteiger partial charge on any atom is 0.212 e. The lowest BCUT2D eigenvalue weighted by Gasteiger charge is -2.05. The van der Waals surface area contributed by atoms with Crippen molar-refractivity contribution in [2.24, 2.45) is 0 Å². The SMILES string of the molecule is CNS(=O)(=O)CCNCc1ccnc(C)n1. The van der Waals surface area contributed by atoms with Gasteiger partial charge in [0.2, 0.25) is 10.0 Å². The van der Waals surface area contributed by atoms with Crippen molar-refractivity contribution in [3.05, 3.63) is 23.8 Å². The molecule has 0 bridgehead atoms. The Labute approximate surface area is 95.6 Å². The van der Waals surface area contributed by atoms with E-state index in [1.54, 1.807) is 12.3 Å². The highest BCUT2D eigenvalue weighted by Gasteiger charge is 2.05. The summed E-state index contributed by atoms with van der Waals surface area (Å²) in [6.07, 6.45) is 1.68.